The highest BCUT2D eigenvalue weighted by Crippen LogP contribution is 2.31. The van der Waals surface area contributed by atoms with E-state index in [2.05, 4.69) is 0 Å². The number of nitrogen functional groups attached to an aromatic ring is 1. The standard InChI is InChI=1S/C15H15F2NOS/c1-2-19-11-4-6-14(18)15(8-11)20-9-10-3-5-12(16)13(17)7-10/h3-8H,2,9,18H2,1H3. The monoisotopic (exact) mass is 295 g/mol. The Morgan fingerprint density at radius 3 is 2.60 bits per heavy atom. The summed E-state index contributed by atoms with van der Waals surface area (Å²) >= 11 is 1.46. The van der Waals surface area contributed by atoms with Crippen LogP contribution in [0.4, 0.5) is 14.5 Å². The molecule has 2 aromatic carbocycles. The summed E-state index contributed by atoms with van der Waals surface area (Å²) < 4.78 is 31.4. The molecule has 0 radical (unpaired) electrons. The smallest absolute Gasteiger partial charge is 0.159 e. The Balaban J connectivity index is 2.09. The highest BCUT2D eigenvalue weighted by molar-refractivity contribution is 7.98. The predicted octanol–water partition coefficient (Wildman–Crippen LogP) is 4.24. The maximum Gasteiger partial charge on any atom is 0.159 e. The van der Waals surface area contributed by atoms with E-state index >= 15 is 0 Å². The second kappa shape index (κ2) is 6.61. The molecule has 0 amide bonds. The van der Waals surface area contributed by atoms with Crippen LogP contribution in [0.2, 0.25) is 0 Å². The number of ether oxygens (including phenoxy) is 1. The molecule has 0 unspecified atom stereocenters. The van der Waals surface area contributed by atoms with Crippen molar-refractivity contribution in [2.24, 2.45) is 0 Å². The highest BCUT2D eigenvalue weighted by atomic mass is 32.2. The average molecular weight is 295 g/mol. The largest absolute Gasteiger partial charge is 0.494 e. The Morgan fingerprint density at radius 2 is 1.90 bits per heavy atom. The predicted molar refractivity (Wildman–Crippen MR) is 77.9 cm³/mol. The van der Waals surface area contributed by atoms with Gasteiger partial charge >= 0.3 is 0 Å². The van der Waals surface area contributed by atoms with E-state index in [0.29, 0.717) is 23.6 Å². The van der Waals surface area contributed by atoms with Crippen LogP contribution in [0.25, 0.3) is 0 Å². The van der Waals surface area contributed by atoms with E-state index in [0.717, 1.165) is 16.7 Å². The first-order valence-corrected chi connectivity index (χ1v) is 7.17. The molecule has 2 N–H and O–H groups in total. The molecule has 2 rings (SSSR count). The van der Waals surface area contributed by atoms with Gasteiger partial charge in [-0.1, -0.05) is 6.07 Å². The molecule has 0 aliphatic carbocycles. The second-order valence-electron chi connectivity index (χ2n) is 4.17. The van der Waals surface area contributed by atoms with Crippen LogP contribution in [-0.2, 0) is 5.75 Å². The first-order chi connectivity index (χ1) is 9.60. The highest BCUT2D eigenvalue weighted by Gasteiger charge is 2.06. The van der Waals surface area contributed by atoms with Crippen molar-refractivity contribution in [3.05, 3.63) is 53.6 Å². The molecular weight excluding hydrogens is 280 g/mol. The van der Waals surface area contributed by atoms with Gasteiger partial charge in [0.05, 0.1) is 6.61 Å². The summed E-state index contributed by atoms with van der Waals surface area (Å²) in [5, 5.41) is 0. The molecule has 0 aromatic heterocycles. The molecule has 106 valence electrons. The molecule has 20 heavy (non-hydrogen) atoms. The minimum absolute atomic E-state index is 0.511. The fraction of sp³-hybridized carbons (Fsp3) is 0.200. The quantitative estimate of drug-likeness (QED) is 0.662. The van der Waals surface area contributed by atoms with Crippen molar-refractivity contribution < 1.29 is 13.5 Å². The van der Waals surface area contributed by atoms with E-state index in [4.69, 9.17) is 10.5 Å². The number of halogens is 2. The third kappa shape index (κ3) is 3.63. The van der Waals surface area contributed by atoms with Gasteiger partial charge in [0.15, 0.2) is 11.6 Å². The van der Waals surface area contributed by atoms with Crippen molar-refractivity contribution in [1.29, 1.82) is 0 Å². The summed E-state index contributed by atoms with van der Waals surface area (Å²) in [5.41, 5.74) is 7.24. The van der Waals surface area contributed by atoms with Gasteiger partial charge in [-0.15, -0.1) is 11.8 Å². The van der Waals surface area contributed by atoms with Crippen LogP contribution >= 0.6 is 11.8 Å². The fourth-order valence-corrected chi connectivity index (χ4v) is 2.62. The van der Waals surface area contributed by atoms with Gasteiger partial charge in [0, 0.05) is 16.3 Å². The van der Waals surface area contributed by atoms with Crippen molar-refractivity contribution in [1.82, 2.24) is 0 Å². The van der Waals surface area contributed by atoms with Crippen molar-refractivity contribution >= 4 is 17.4 Å². The molecule has 2 aromatic rings. The zero-order chi connectivity index (χ0) is 14.5. The van der Waals surface area contributed by atoms with Gasteiger partial charge in [-0.25, -0.2) is 8.78 Å². The summed E-state index contributed by atoms with van der Waals surface area (Å²) in [5.74, 6) is -0.415. The number of nitrogens with two attached hydrogens (primary N) is 1. The molecule has 0 bridgehead atoms. The summed E-state index contributed by atoms with van der Waals surface area (Å²) in [7, 11) is 0. The van der Waals surface area contributed by atoms with Crippen LogP contribution in [0, 0.1) is 11.6 Å². The van der Waals surface area contributed by atoms with Gasteiger partial charge in [0.1, 0.15) is 5.75 Å². The third-order valence-electron chi connectivity index (χ3n) is 2.67. The Bertz CT molecular complexity index is 604. The Morgan fingerprint density at radius 1 is 1.10 bits per heavy atom. The minimum Gasteiger partial charge on any atom is -0.494 e. The molecular formula is C15H15F2NOS. The zero-order valence-electron chi connectivity index (χ0n) is 11.0. The Hall–Kier alpha value is -1.75. The molecule has 5 heteroatoms. The molecule has 0 spiro atoms. The van der Waals surface area contributed by atoms with Gasteiger partial charge in [0.25, 0.3) is 0 Å². The summed E-state index contributed by atoms with van der Waals surface area (Å²) in [4.78, 5) is 0.862. The normalized spacial score (nSPS) is 10.6. The Labute approximate surface area is 120 Å². The summed E-state index contributed by atoms with van der Waals surface area (Å²) in [6.45, 7) is 2.49. The van der Waals surface area contributed by atoms with E-state index in [-0.39, 0.29) is 0 Å². The van der Waals surface area contributed by atoms with Crippen LogP contribution in [0.5, 0.6) is 5.75 Å². The Kier molecular flexibility index (Phi) is 4.84. The van der Waals surface area contributed by atoms with Gasteiger partial charge in [-0.3, -0.25) is 0 Å². The molecule has 0 heterocycles. The van der Waals surface area contributed by atoms with Crippen LogP contribution in [-0.4, -0.2) is 6.61 Å². The second-order valence-corrected chi connectivity index (χ2v) is 5.19. The molecule has 0 atom stereocenters. The minimum atomic E-state index is -0.836. The van der Waals surface area contributed by atoms with Crippen LogP contribution < -0.4 is 10.5 Å². The van der Waals surface area contributed by atoms with E-state index in [1.807, 2.05) is 13.0 Å². The number of hydrogen-bond donors (Lipinski definition) is 1. The molecule has 2 nitrogen and oxygen atoms in total. The third-order valence-corrected chi connectivity index (χ3v) is 3.82. The van der Waals surface area contributed by atoms with Crippen molar-refractivity contribution in [2.75, 3.05) is 12.3 Å². The zero-order valence-corrected chi connectivity index (χ0v) is 11.8. The molecule has 0 saturated carbocycles. The lowest BCUT2D eigenvalue weighted by Crippen LogP contribution is -1.94. The van der Waals surface area contributed by atoms with Crippen molar-refractivity contribution in [2.45, 2.75) is 17.6 Å². The van der Waals surface area contributed by atoms with E-state index < -0.39 is 11.6 Å². The number of rotatable bonds is 5. The lowest BCUT2D eigenvalue weighted by Gasteiger charge is -2.09. The lowest BCUT2D eigenvalue weighted by atomic mass is 10.2. The molecule has 0 fully saturated rings. The maximum absolute atomic E-state index is 13.1. The number of thioether (sulfide) groups is 1. The molecule has 0 saturated heterocycles. The maximum atomic E-state index is 13.1. The first-order valence-electron chi connectivity index (χ1n) is 6.19. The van der Waals surface area contributed by atoms with Crippen molar-refractivity contribution in [3.63, 3.8) is 0 Å². The summed E-state index contributed by atoms with van der Waals surface area (Å²) in [6, 6.07) is 9.33. The van der Waals surface area contributed by atoms with Crippen LogP contribution in [0.15, 0.2) is 41.3 Å². The van der Waals surface area contributed by atoms with E-state index in [9.17, 15) is 8.78 Å². The van der Waals surface area contributed by atoms with Crippen LogP contribution in [0.1, 0.15) is 12.5 Å². The van der Waals surface area contributed by atoms with E-state index in [1.165, 1.54) is 17.8 Å². The van der Waals surface area contributed by atoms with Gasteiger partial charge < -0.3 is 10.5 Å². The van der Waals surface area contributed by atoms with Gasteiger partial charge in [-0.05, 0) is 42.8 Å². The lowest BCUT2D eigenvalue weighted by molar-refractivity contribution is 0.339. The van der Waals surface area contributed by atoms with Gasteiger partial charge in [-0.2, -0.15) is 0 Å². The molecule has 0 aliphatic rings. The van der Waals surface area contributed by atoms with Crippen LogP contribution in [0.3, 0.4) is 0 Å². The molecule has 0 aliphatic heterocycles. The summed E-state index contributed by atoms with van der Waals surface area (Å²) in [6.07, 6.45) is 0. The van der Waals surface area contributed by atoms with Gasteiger partial charge in [0.2, 0.25) is 0 Å². The first kappa shape index (κ1) is 14.7. The topological polar surface area (TPSA) is 35.2 Å². The number of hydrogen-bond acceptors (Lipinski definition) is 3. The average Bonchev–Trinajstić information content (AvgIpc) is 2.43. The fourth-order valence-electron chi connectivity index (χ4n) is 1.69. The SMILES string of the molecule is CCOc1ccc(N)c(SCc2ccc(F)c(F)c2)c1. The number of anilines is 1. The van der Waals surface area contributed by atoms with E-state index in [1.54, 1.807) is 18.2 Å². The van der Waals surface area contributed by atoms with Crippen molar-refractivity contribution in [3.8, 4) is 5.75 Å². The number of benzene rings is 2.